The van der Waals surface area contributed by atoms with Crippen LogP contribution in [0.4, 0.5) is 5.69 Å². The molecule has 0 saturated carbocycles. The number of carbonyl (C=O) groups excluding carboxylic acids is 1. The zero-order valence-electron chi connectivity index (χ0n) is 14.5. The summed E-state index contributed by atoms with van der Waals surface area (Å²) in [6, 6.07) is 15.7. The summed E-state index contributed by atoms with van der Waals surface area (Å²) in [6.07, 6.45) is 0. The average Bonchev–Trinajstić information content (AvgIpc) is 2.97. The van der Waals surface area contributed by atoms with E-state index in [2.05, 4.69) is 41.5 Å². The largest absolute Gasteiger partial charge is 0.325 e. The molecule has 0 aliphatic carbocycles. The molecular weight excluding hydrogens is 332 g/mol. The molecule has 5 nitrogen and oxygen atoms in total. The van der Waals surface area contributed by atoms with Gasteiger partial charge < -0.3 is 5.32 Å². The van der Waals surface area contributed by atoms with Crippen LogP contribution in [0, 0.1) is 20.8 Å². The Kier molecular flexibility index (Phi) is 5.19. The summed E-state index contributed by atoms with van der Waals surface area (Å²) in [4.78, 5) is 12.1. The number of nitrogens with one attached hydrogen (secondary N) is 1. The molecule has 6 heteroatoms. The molecule has 0 aliphatic rings. The lowest BCUT2D eigenvalue weighted by Gasteiger charge is -2.10. The molecule has 25 heavy (non-hydrogen) atoms. The second kappa shape index (κ2) is 7.53. The summed E-state index contributed by atoms with van der Waals surface area (Å²) in [6.45, 7) is 6.08. The molecule has 2 aromatic carbocycles. The number of thioether (sulfide) groups is 1. The molecule has 0 radical (unpaired) electrons. The number of nitrogens with zero attached hydrogens (tertiary/aromatic N) is 3. The topological polar surface area (TPSA) is 59.8 Å². The van der Waals surface area contributed by atoms with E-state index in [0.717, 1.165) is 17.2 Å². The van der Waals surface area contributed by atoms with Crippen molar-refractivity contribution in [2.24, 2.45) is 0 Å². The quantitative estimate of drug-likeness (QED) is 0.707. The molecule has 1 aromatic heterocycles. The lowest BCUT2D eigenvalue weighted by Crippen LogP contribution is -2.14. The number of para-hydroxylation sites is 1. The van der Waals surface area contributed by atoms with Crippen LogP contribution in [0.25, 0.3) is 5.69 Å². The Labute approximate surface area is 151 Å². The van der Waals surface area contributed by atoms with E-state index in [1.807, 2.05) is 47.9 Å². The lowest BCUT2D eigenvalue weighted by molar-refractivity contribution is -0.113. The van der Waals surface area contributed by atoms with Gasteiger partial charge in [0, 0.05) is 11.4 Å². The molecule has 0 saturated heterocycles. The van der Waals surface area contributed by atoms with Crippen LogP contribution in [0.1, 0.15) is 17.0 Å². The number of rotatable bonds is 5. The third-order valence-corrected chi connectivity index (χ3v) is 4.86. The van der Waals surface area contributed by atoms with E-state index in [9.17, 15) is 4.79 Å². The van der Waals surface area contributed by atoms with Crippen LogP contribution in [0.5, 0.6) is 0 Å². The standard InChI is InChI=1S/C19H20N4OS/c1-13-9-10-17(11-14(13)2)23-15(3)21-22-19(23)25-12-18(24)20-16-7-5-4-6-8-16/h4-11H,12H2,1-3H3,(H,20,24). The molecule has 0 aliphatic heterocycles. The molecule has 0 unspecified atom stereocenters. The van der Waals surface area contributed by atoms with E-state index in [4.69, 9.17) is 0 Å². The zero-order valence-corrected chi connectivity index (χ0v) is 15.3. The maximum absolute atomic E-state index is 12.1. The number of carbonyl (C=O) groups is 1. The van der Waals surface area contributed by atoms with Crippen molar-refractivity contribution in [2.45, 2.75) is 25.9 Å². The monoisotopic (exact) mass is 352 g/mol. The van der Waals surface area contributed by atoms with Gasteiger partial charge in [0.05, 0.1) is 5.75 Å². The SMILES string of the molecule is Cc1ccc(-n2c(C)nnc2SCC(=O)Nc2ccccc2)cc1C. The van der Waals surface area contributed by atoms with Gasteiger partial charge in [0.15, 0.2) is 5.16 Å². The highest BCUT2D eigenvalue weighted by Gasteiger charge is 2.14. The smallest absolute Gasteiger partial charge is 0.234 e. The summed E-state index contributed by atoms with van der Waals surface area (Å²) < 4.78 is 1.98. The Morgan fingerprint density at radius 1 is 1.04 bits per heavy atom. The van der Waals surface area contributed by atoms with Gasteiger partial charge in [-0.15, -0.1) is 10.2 Å². The highest BCUT2D eigenvalue weighted by molar-refractivity contribution is 7.99. The van der Waals surface area contributed by atoms with Crippen molar-refractivity contribution < 1.29 is 4.79 Å². The van der Waals surface area contributed by atoms with Crippen LogP contribution in [-0.2, 0) is 4.79 Å². The van der Waals surface area contributed by atoms with Gasteiger partial charge in [-0.2, -0.15) is 0 Å². The summed E-state index contributed by atoms with van der Waals surface area (Å²) in [7, 11) is 0. The van der Waals surface area contributed by atoms with Crippen molar-refractivity contribution in [3.63, 3.8) is 0 Å². The maximum Gasteiger partial charge on any atom is 0.234 e. The first-order valence-electron chi connectivity index (χ1n) is 8.02. The molecule has 0 spiro atoms. The highest BCUT2D eigenvalue weighted by atomic mass is 32.2. The van der Waals surface area contributed by atoms with Crippen LogP contribution in [0.15, 0.2) is 53.7 Å². The Balaban J connectivity index is 1.73. The van der Waals surface area contributed by atoms with E-state index in [-0.39, 0.29) is 11.7 Å². The summed E-state index contributed by atoms with van der Waals surface area (Å²) in [5, 5.41) is 12.0. The molecule has 1 N–H and O–H groups in total. The van der Waals surface area contributed by atoms with Crippen molar-refractivity contribution in [1.82, 2.24) is 14.8 Å². The molecule has 1 amide bonds. The molecule has 3 aromatic rings. The number of hydrogen-bond donors (Lipinski definition) is 1. The van der Waals surface area contributed by atoms with Crippen molar-refractivity contribution in [3.05, 3.63) is 65.5 Å². The predicted molar refractivity (Wildman–Crippen MR) is 101 cm³/mol. The van der Waals surface area contributed by atoms with Gasteiger partial charge >= 0.3 is 0 Å². The first-order chi connectivity index (χ1) is 12.0. The number of aryl methyl sites for hydroxylation is 3. The average molecular weight is 352 g/mol. The van der Waals surface area contributed by atoms with E-state index in [1.165, 1.54) is 22.9 Å². The normalized spacial score (nSPS) is 10.7. The fourth-order valence-electron chi connectivity index (χ4n) is 2.45. The van der Waals surface area contributed by atoms with Crippen molar-refractivity contribution in [1.29, 1.82) is 0 Å². The summed E-state index contributed by atoms with van der Waals surface area (Å²) in [5.74, 6) is 1.01. The van der Waals surface area contributed by atoms with Crippen LogP contribution in [0.3, 0.4) is 0 Å². The Morgan fingerprint density at radius 3 is 2.52 bits per heavy atom. The third-order valence-electron chi connectivity index (χ3n) is 3.93. The predicted octanol–water partition coefficient (Wildman–Crippen LogP) is 3.92. The number of hydrogen-bond acceptors (Lipinski definition) is 4. The molecule has 0 atom stereocenters. The highest BCUT2D eigenvalue weighted by Crippen LogP contribution is 2.23. The first kappa shape index (κ1) is 17.2. The maximum atomic E-state index is 12.1. The Morgan fingerprint density at radius 2 is 1.80 bits per heavy atom. The third kappa shape index (κ3) is 4.09. The van der Waals surface area contributed by atoms with Gasteiger partial charge in [-0.25, -0.2) is 0 Å². The zero-order chi connectivity index (χ0) is 17.8. The minimum absolute atomic E-state index is 0.0662. The van der Waals surface area contributed by atoms with Crippen LogP contribution in [0.2, 0.25) is 0 Å². The number of anilines is 1. The van der Waals surface area contributed by atoms with Crippen LogP contribution < -0.4 is 5.32 Å². The Hall–Kier alpha value is -2.60. The van der Waals surface area contributed by atoms with Crippen LogP contribution in [-0.4, -0.2) is 26.4 Å². The second-order valence-electron chi connectivity index (χ2n) is 5.84. The Bertz CT molecular complexity index is 890. The van der Waals surface area contributed by atoms with E-state index < -0.39 is 0 Å². The molecule has 3 rings (SSSR count). The van der Waals surface area contributed by atoms with Gasteiger partial charge in [-0.3, -0.25) is 9.36 Å². The van der Waals surface area contributed by atoms with Gasteiger partial charge in [0.2, 0.25) is 5.91 Å². The molecule has 0 fully saturated rings. The molecule has 128 valence electrons. The molecule has 0 bridgehead atoms. The van der Waals surface area contributed by atoms with Gasteiger partial charge in [-0.1, -0.05) is 36.0 Å². The van der Waals surface area contributed by atoms with Crippen molar-refractivity contribution in [2.75, 3.05) is 11.1 Å². The number of benzene rings is 2. The minimum Gasteiger partial charge on any atom is -0.325 e. The fraction of sp³-hybridized carbons (Fsp3) is 0.211. The number of aromatic nitrogens is 3. The molecule has 1 heterocycles. The van der Waals surface area contributed by atoms with Gasteiger partial charge in [-0.05, 0) is 56.2 Å². The molecular formula is C19H20N4OS. The summed E-state index contributed by atoms with van der Waals surface area (Å²) in [5.41, 5.74) is 4.26. The van der Waals surface area contributed by atoms with Crippen LogP contribution >= 0.6 is 11.8 Å². The van der Waals surface area contributed by atoms with E-state index in [1.54, 1.807) is 0 Å². The van der Waals surface area contributed by atoms with Crippen molar-refractivity contribution >= 4 is 23.4 Å². The fourth-order valence-corrected chi connectivity index (χ4v) is 3.24. The lowest BCUT2D eigenvalue weighted by atomic mass is 10.1. The minimum atomic E-state index is -0.0662. The number of amides is 1. The van der Waals surface area contributed by atoms with Gasteiger partial charge in [0.1, 0.15) is 5.82 Å². The summed E-state index contributed by atoms with van der Waals surface area (Å²) >= 11 is 1.38. The van der Waals surface area contributed by atoms with E-state index in [0.29, 0.717) is 5.16 Å². The second-order valence-corrected chi connectivity index (χ2v) is 6.78. The first-order valence-corrected chi connectivity index (χ1v) is 9.00. The van der Waals surface area contributed by atoms with E-state index >= 15 is 0 Å². The van der Waals surface area contributed by atoms with Gasteiger partial charge in [0.25, 0.3) is 0 Å². The van der Waals surface area contributed by atoms with Crippen molar-refractivity contribution in [3.8, 4) is 5.69 Å².